The third-order valence-corrected chi connectivity index (χ3v) is 2.00. The Morgan fingerprint density at radius 2 is 1.75 bits per heavy atom. The molecular formula is C11H13F3O2. The predicted octanol–water partition coefficient (Wildman–Crippen LogP) is 2.60. The fraction of sp³-hybridized carbons (Fsp3) is 0.455. The van der Waals surface area contributed by atoms with Gasteiger partial charge in [-0.15, -0.1) is 0 Å². The van der Waals surface area contributed by atoms with Crippen LogP contribution in [0.5, 0.6) is 0 Å². The summed E-state index contributed by atoms with van der Waals surface area (Å²) < 4.78 is 41.8. The highest BCUT2D eigenvalue weighted by Crippen LogP contribution is 2.29. The molecule has 0 aliphatic carbocycles. The van der Waals surface area contributed by atoms with Crippen LogP contribution in [0.2, 0.25) is 0 Å². The number of halogens is 3. The lowest BCUT2D eigenvalue weighted by Crippen LogP contribution is -2.05. The summed E-state index contributed by atoms with van der Waals surface area (Å²) in [6.45, 7) is 0.711. The summed E-state index contributed by atoms with van der Waals surface area (Å²) in [5.74, 6) is 0. The zero-order chi connectivity index (χ0) is 12.0. The summed E-state index contributed by atoms with van der Waals surface area (Å²) in [6, 6.07) is 4.85. The van der Waals surface area contributed by atoms with Crippen LogP contribution in [-0.4, -0.2) is 18.3 Å². The van der Waals surface area contributed by atoms with E-state index in [1.54, 1.807) is 0 Å². The summed E-state index contributed by atoms with van der Waals surface area (Å²) in [7, 11) is 0. The van der Waals surface area contributed by atoms with Crippen molar-refractivity contribution in [2.45, 2.75) is 19.2 Å². The Kier molecular flexibility index (Phi) is 4.76. The number of ether oxygens (including phenoxy) is 1. The molecule has 0 heterocycles. The zero-order valence-electron chi connectivity index (χ0n) is 8.63. The summed E-state index contributed by atoms with van der Waals surface area (Å²) in [5, 5.41) is 8.48. The van der Waals surface area contributed by atoms with E-state index in [4.69, 9.17) is 9.84 Å². The first-order valence-corrected chi connectivity index (χ1v) is 4.89. The Morgan fingerprint density at radius 1 is 1.12 bits per heavy atom. The molecule has 0 saturated carbocycles. The van der Waals surface area contributed by atoms with Gasteiger partial charge in [0.25, 0.3) is 0 Å². The van der Waals surface area contributed by atoms with Gasteiger partial charge in [0.2, 0.25) is 0 Å². The molecule has 0 aliphatic rings. The van der Waals surface area contributed by atoms with Crippen molar-refractivity contribution in [3.63, 3.8) is 0 Å². The first-order valence-electron chi connectivity index (χ1n) is 4.89. The molecule has 0 atom stereocenters. The average Bonchev–Trinajstić information content (AvgIpc) is 2.24. The maximum atomic E-state index is 12.2. The zero-order valence-corrected chi connectivity index (χ0v) is 8.63. The van der Waals surface area contributed by atoms with Crippen molar-refractivity contribution >= 4 is 0 Å². The van der Waals surface area contributed by atoms with E-state index in [2.05, 4.69) is 0 Å². The summed E-state index contributed by atoms with van der Waals surface area (Å²) >= 11 is 0. The minimum atomic E-state index is -4.30. The maximum Gasteiger partial charge on any atom is 0.416 e. The van der Waals surface area contributed by atoms with E-state index in [9.17, 15) is 13.2 Å². The number of aliphatic hydroxyl groups is 1. The second-order valence-corrected chi connectivity index (χ2v) is 3.32. The van der Waals surface area contributed by atoms with Crippen LogP contribution in [0.25, 0.3) is 0 Å². The molecule has 1 aromatic rings. The molecule has 0 aromatic heterocycles. The van der Waals surface area contributed by atoms with E-state index in [1.807, 2.05) is 0 Å². The summed E-state index contributed by atoms with van der Waals surface area (Å²) in [6.07, 6.45) is -3.77. The maximum absolute atomic E-state index is 12.2. The number of aliphatic hydroxyl groups excluding tert-OH is 1. The van der Waals surface area contributed by atoms with Crippen LogP contribution in [-0.2, 0) is 17.5 Å². The van der Waals surface area contributed by atoms with Gasteiger partial charge in [-0.1, -0.05) is 12.1 Å². The lowest BCUT2D eigenvalue weighted by molar-refractivity contribution is -0.137. The molecular weight excluding hydrogens is 221 g/mol. The van der Waals surface area contributed by atoms with Gasteiger partial charge in [-0.2, -0.15) is 13.2 Å². The lowest BCUT2D eigenvalue weighted by atomic mass is 10.1. The second-order valence-electron chi connectivity index (χ2n) is 3.32. The molecule has 90 valence electrons. The average molecular weight is 234 g/mol. The number of benzene rings is 1. The van der Waals surface area contributed by atoms with Crippen molar-refractivity contribution in [2.24, 2.45) is 0 Å². The molecule has 0 radical (unpaired) electrons. The van der Waals surface area contributed by atoms with Gasteiger partial charge < -0.3 is 9.84 Å². The Morgan fingerprint density at radius 3 is 2.25 bits per heavy atom. The largest absolute Gasteiger partial charge is 0.416 e. The van der Waals surface area contributed by atoms with E-state index in [0.717, 1.165) is 12.1 Å². The topological polar surface area (TPSA) is 29.5 Å². The van der Waals surface area contributed by atoms with Gasteiger partial charge in [-0.3, -0.25) is 0 Å². The van der Waals surface area contributed by atoms with E-state index in [1.165, 1.54) is 12.1 Å². The molecule has 0 bridgehead atoms. The Hall–Kier alpha value is -1.07. The van der Waals surface area contributed by atoms with Gasteiger partial charge >= 0.3 is 6.18 Å². The van der Waals surface area contributed by atoms with Gasteiger partial charge in [0, 0.05) is 13.2 Å². The van der Waals surface area contributed by atoms with Gasteiger partial charge in [-0.25, -0.2) is 0 Å². The minimum absolute atomic E-state index is 0.0486. The Balaban J connectivity index is 2.46. The molecule has 1 rings (SSSR count). The smallest absolute Gasteiger partial charge is 0.396 e. The summed E-state index contributed by atoms with van der Waals surface area (Å²) in [5.41, 5.74) is 0.0255. The van der Waals surface area contributed by atoms with Gasteiger partial charge in [0.15, 0.2) is 0 Å². The predicted molar refractivity (Wildman–Crippen MR) is 52.8 cm³/mol. The van der Waals surface area contributed by atoms with E-state index in [0.29, 0.717) is 18.6 Å². The fourth-order valence-electron chi connectivity index (χ4n) is 1.15. The molecule has 0 amide bonds. The van der Waals surface area contributed by atoms with Crippen LogP contribution in [0.3, 0.4) is 0 Å². The molecule has 0 fully saturated rings. The van der Waals surface area contributed by atoms with Crippen LogP contribution in [0.4, 0.5) is 13.2 Å². The highest BCUT2D eigenvalue weighted by atomic mass is 19.4. The Bertz CT molecular complexity index is 306. The van der Waals surface area contributed by atoms with Crippen LogP contribution < -0.4 is 0 Å². The van der Waals surface area contributed by atoms with E-state index in [-0.39, 0.29) is 13.2 Å². The Labute approximate surface area is 91.7 Å². The quantitative estimate of drug-likeness (QED) is 0.793. The number of hydrogen-bond donors (Lipinski definition) is 1. The molecule has 0 unspecified atom stereocenters. The number of rotatable bonds is 5. The van der Waals surface area contributed by atoms with Gasteiger partial charge in [0.1, 0.15) is 0 Å². The first-order chi connectivity index (χ1) is 7.54. The highest BCUT2D eigenvalue weighted by molar-refractivity contribution is 5.24. The number of alkyl halides is 3. The van der Waals surface area contributed by atoms with Crippen molar-refractivity contribution in [3.8, 4) is 0 Å². The summed E-state index contributed by atoms with van der Waals surface area (Å²) in [4.78, 5) is 0. The molecule has 16 heavy (non-hydrogen) atoms. The van der Waals surface area contributed by atoms with Crippen molar-refractivity contribution in [2.75, 3.05) is 13.2 Å². The molecule has 1 N–H and O–H groups in total. The third kappa shape index (κ3) is 4.20. The van der Waals surface area contributed by atoms with Crippen molar-refractivity contribution < 1.29 is 23.0 Å². The fourth-order valence-corrected chi connectivity index (χ4v) is 1.15. The van der Waals surface area contributed by atoms with Gasteiger partial charge in [0.05, 0.1) is 12.2 Å². The van der Waals surface area contributed by atoms with Crippen molar-refractivity contribution in [3.05, 3.63) is 35.4 Å². The van der Waals surface area contributed by atoms with Crippen LogP contribution >= 0.6 is 0 Å². The molecule has 5 heteroatoms. The highest BCUT2D eigenvalue weighted by Gasteiger charge is 2.29. The molecule has 0 spiro atoms. The molecule has 0 aliphatic heterocycles. The SMILES string of the molecule is OCCCOCc1ccc(C(F)(F)F)cc1. The first kappa shape index (κ1) is 13.0. The van der Waals surface area contributed by atoms with Crippen molar-refractivity contribution in [1.82, 2.24) is 0 Å². The van der Waals surface area contributed by atoms with Crippen molar-refractivity contribution in [1.29, 1.82) is 0 Å². The second kappa shape index (κ2) is 5.86. The minimum Gasteiger partial charge on any atom is -0.396 e. The van der Waals surface area contributed by atoms with Crippen LogP contribution in [0.15, 0.2) is 24.3 Å². The van der Waals surface area contributed by atoms with Crippen LogP contribution in [0, 0.1) is 0 Å². The standard InChI is InChI=1S/C11H13F3O2/c12-11(13,14)10-4-2-9(3-5-10)8-16-7-1-6-15/h2-5,15H,1,6-8H2. The van der Waals surface area contributed by atoms with E-state index < -0.39 is 11.7 Å². The monoisotopic (exact) mass is 234 g/mol. The third-order valence-electron chi connectivity index (χ3n) is 2.00. The normalized spacial score (nSPS) is 11.8. The van der Waals surface area contributed by atoms with Crippen LogP contribution in [0.1, 0.15) is 17.5 Å². The lowest BCUT2D eigenvalue weighted by Gasteiger charge is -2.07. The molecule has 1 aromatic carbocycles. The molecule has 2 nitrogen and oxygen atoms in total. The molecule has 0 saturated heterocycles. The number of hydrogen-bond acceptors (Lipinski definition) is 2. The van der Waals surface area contributed by atoms with E-state index >= 15 is 0 Å². The van der Waals surface area contributed by atoms with Gasteiger partial charge in [-0.05, 0) is 24.1 Å².